The van der Waals surface area contributed by atoms with Crippen molar-refractivity contribution in [1.82, 2.24) is 4.98 Å². The molecule has 108 valence electrons. The fourth-order valence-corrected chi connectivity index (χ4v) is 3.56. The number of aryl methyl sites for hydroxylation is 1. The van der Waals surface area contributed by atoms with Crippen molar-refractivity contribution in [3.05, 3.63) is 29.5 Å². The molecule has 20 heavy (non-hydrogen) atoms. The van der Waals surface area contributed by atoms with Crippen LogP contribution in [0.3, 0.4) is 0 Å². The lowest BCUT2D eigenvalue weighted by molar-refractivity contribution is 0.340. The third kappa shape index (κ3) is 2.31. The summed E-state index contributed by atoms with van der Waals surface area (Å²) in [5.41, 5.74) is 10.2. The predicted octanol–water partition coefficient (Wildman–Crippen LogP) is 4.07. The molecular weight excluding hydrogens is 248 g/mol. The number of H-pyrrole nitrogens is 1. The van der Waals surface area contributed by atoms with Crippen LogP contribution in [-0.4, -0.2) is 11.6 Å². The summed E-state index contributed by atoms with van der Waals surface area (Å²) in [7, 11) is 0. The fraction of sp³-hybridized carbons (Fsp3) is 0.529. The number of ether oxygens (including phenoxy) is 1. The number of aromatic nitrogens is 1. The van der Waals surface area contributed by atoms with Gasteiger partial charge in [-0.25, -0.2) is 0 Å². The van der Waals surface area contributed by atoms with Gasteiger partial charge < -0.3 is 15.5 Å². The zero-order valence-electron chi connectivity index (χ0n) is 12.4. The molecular formula is C17H24N2O. The van der Waals surface area contributed by atoms with Crippen molar-refractivity contribution in [2.24, 2.45) is 11.7 Å². The Labute approximate surface area is 120 Å². The van der Waals surface area contributed by atoms with Gasteiger partial charge in [0.1, 0.15) is 5.75 Å². The van der Waals surface area contributed by atoms with E-state index >= 15 is 0 Å². The molecule has 0 amide bonds. The minimum absolute atomic E-state index is 0.142. The number of benzene rings is 1. The Kier molecular flexibility index (Phi) is 3.70. The summed E-state index contributed by atoms with van der Waals surface area (Å²) >= 11 is 0. The maximum absolute atomic E-state index is 6.57. The number of fused-ring (bicyclic) bond motifs is 1. The van der Waals surface area contributed by atoms with Crippen LogP contribution in [-0.2, 0) is 0 Å². The number of hydrogen-bond acceptors (Lipinski definition) is 2. The van der Waals surface area contributed by atoms with Crippen molar-refractivity contribution in [2.75, 3.05) is 6.61 Å². The van der Waals surface area contributed by atoms with Crippen molar-refractivity contribution in [3.63, 3.8) is 0 Å². The lowest BCUT2D eigenvalue weighted by Crippen LogP contribution is -2.19. The fourth-order valence-electron chi connectivity index (χ4n) is 3.56. The molecule has 1 saturated carbocycles. The molecule has 3 heteroatoms. The molecule has 1 aromatic carbocycles. The normalized spacial score (nSPS) is 17.8. The van der Waals surface area contributed by atoms with Crippen molar-refractivity contribution in [2.45, 2.75) is 45.6 Å². The Morgan fingerprint density at radius 1 is 1.35 bits per heavy atom. The average Bonchev–Trinajstić information content (AvgIpc) is 3.05. The summed E-state index contributed by atoms with van der Waals surface area (Å²) in [6.45, 7) is 4.83. The number of nitrogens with two attached hydrogens (primary N) is 1. The van der Waals surface area contributed by atoms with E-state index < -0.39 is 0 Å². The molecule has 1 aliphatic carbocycles. The van der Waals surface area contributed by atoms with Crippen LogP contribution in [0, 0.1) is 12.8 Å². The predicted molar refractivity (Wildman–Crippen MR) is 83.1 cm³/mol. The zero-order valence-corrected chi connectivity index (χ0v) is 12.4. The van der Waals surface area contributed by atoms with Gasteiger partial charge in [0.05, 0.1) is 6.61 Å². The van der Waals surface area contributed by atoms with Gasteiger partial charge >= 0.3 is 0 Å². The van der Waals surface area contributed by atoms with E-state index in [4.69, 9.17) is 10.5 Å². The van der Waals surface area contributed by atoms with Crippen LogP contribution in [0.4, 0.5) is 0 Å². The molecule has 0 saturated heterocycles. The topological polar surface area (TPSA) is 51.0 Å². The van der Waals surface area contributed by atoms with Gasteiger partial charge in [-0.2, -0.15) is 0 Å². The molecule has 1 fully saturated rings. The first-order valence-corrected chi connectivity index (χ1v) is 7.71. The van der Waals surface area contributed by atoms with Gasteiger partial charge in [0.25, 0.3) is 0 Å². The summed E-state index contributed by atoms with van der Waals surface area (Å²) < 4.78 is 5.63. The number of hydrogen-bond donors (Lipinski definition) is 2. The summed E-state index contributed by atoms with van der Waals surface area (Å²) in [5, 5.41) is 1.23. The Morgan fingerprint density at radius 2 is 2.10 bits per heavy atom. The molecule has 3 N–H and O–H groups in total. The Hall–Kier alpha value is -1.48. The van der Waals surface area contributed by atoms with Crippen molar-refractivity contribution < 1.29 is 4.74 Å². The second-order valence-corrected chi connectivity index (χ2v) is 5.87. The highest BCUT2D eigenvalue weighted by Gasteiger charge is 2.26. The van der Waals surface area contributed by atoms with Gasteiger partial charge in [-0.3, -0.25) is 0 Å². The summed E-state index contributed by atoms with van der Waals surface area (Å²) in [4.78, 5) is 3.47. The maximum Gasteiger partial charge on any atom is 0.120 e. The molecule has 3 nitrogen and oxygen atoms in total. The van der Waals surface area contributed by atoms with Gasteiger partial charge in [-0.1, -0.05) is 12.8 Å². The van der Waals surface area contributed by atoms with Crippen LogP contribution in [0.25, 0.3) is 10.9 Å². The molecule has 1 atom stereocenters. The SMILES string of the molecule is CCOc1ccc2[nH]c(C)c(C(N)C3CCCC3)c2c1. The molecule has 0 aliphatic heterocycles. The first kappa shape index (κ1) is 13.5. The lowest BCUT2D eigenvalue weighted by atomic mass is 9.90. The van der Waals surface area contributed by atoms with Gasteiger partial charge in [-0.05, 0) is 56.4 Å². The monoisotopic (exact) mass is 272 g/mol. The molecule has 0 radical (unpaired) electrons. The highest BCUT2D eigenvalue weighted by Crippen LogP contribution is 2.39. The van der Waals surface area contributed by atoms with Crippen molar-refractivity contribution in [1.29, 1.82) is 0 Å². The van der Waals surface area contributed by atoms with Gasteiger partial charge in [0, 0.05) is 22.6 Å². The van der Waals surface area contributed by atoms with Crippen LogP contribution >= 0.6 is 0 Å². The smallest absolute Gasteiger partial charge is 0.120 e. The van der Waals surface area contributed by atoms with Gasteiger partial charge in [0.15, 0.2) is 0 Å². The summed E-state index contributed by atoms with van der Waals surface area (Å²) in [6, 6.07) is 6.39. The van der Waals surface area contributed by atoms with Gasteiger partial charge in [-0.15, -0.1) is 0 Å². The van der Waals surface area contributed by atoms with E-state index in [1.54, 1.807) is 0 Å². The van der Waals surface area contributed by atoms with E-state index in [1.807, 2.05) is 13.0 Å². The number of nitrogens with one attached hydrogen (secondary N) is 1. The van der Waals surface area contributed by atoms with E-state index in [-0.39, 0.29) is 6.04 Å². The van der Waals surface area contributed by atoms with Crippen molar-refractivity contribution >= 4 is 10.9 Å². The standard InChI is InChI=1S/C17H24N2O/c1-3-20-13-8-9-15-14(10-13)16(11(2)19-15)17(18)12-6-4-5-7-12/h8-10,12,17,19H,3-7,18H2,1-2H3. The van der Waals surface area contributed by atoms with Gasteiger partial charge in [0.2, 0.25) is 0 Å². The lowest BCUT2D eigenvalue weighted by Gasteiger charge is -2.19. The minimum Gasteiger partial charge on any atom is -0.494 e. The first-order chi connectivity index (χ1) is 9.70. The molecule has 2 aromatic rings. The quantitative estimate of drug-likeness (QED) is 0.881. The number of aromatic amines is 1. The number of rotatable bonds is 4. The van der Waals surface area contributed by atoms with Crippen molar-refractivity contribution in [3.8, 4) is 5.75 Å². The maximum atomic E-state index is 6.57. The first-order valence-electron chi connectivity index (χ1n) is 7.71. The third-order valence-corrected chi connectivity index (χ3v) is 4.56. The van der Waals surface area contributed by atoms with Crippen LogP contribution in [0.1, 0.15) is 49.9 Å². The molecule has 0 spiro atoms. The van der Waals surface area contributed by atoms with E-state index in [0.717, 1.165) is 11.3 Å². The summed E-state index contributed by atoms with van der Waals surface area (Å²) in [5.74, 6) is 1.56. The second kappa shape index (κ2) is 5.49. The molecule has 1 aromatic heterocycles. The minimum atomic E-state index is 0.142. The third-order valence-electron chi connectivity index (χ3n) is 4.56. The second-order valence-electron chi connectivity index (χ2n) is 5.87. The van der Waals surface area contributed by atoms with E-state index in [9.17, 15) is 0 Å². The molecule has 1 aliphatic rings. The Balaban J connectivity index is 2.03. The molecule has 3 rings (SSSR count). The highest BCUT2D eigenvalue weighted by atomic mass is 16.5. The molecule has 0 bridgehead atoms. The largest absolute Gasteiger partial charge is 0.494 e. The van der Waals surface area contributed by atoms with Crippen LogP contribution in [0.15, 0.2) is 18.2 Å². The summed E-state index contributed by atoms with van der Waals surface area (Å²) in [6.07, 6.45) is 5.17. The van der Waals surface area contributed by atoms with Crippen LogP contribution in [0.2, 0.25) is 0 Å². The molecule has 1 unspecified atom stereocenters. The molecule has 1 heterocycles. The highest BCUT2D eigenvalue weighted by molar-refractivity contribution is 5.86. The van der Waals surface area contributed by atoms with E-state index in [0.29, 0.717) is 12.5 Å². The zero-order chi connectivity index (χ0) is 14.1. The van der Waals surface area contributed by atoms with Crippen LogP contribution in [0.5, 0.6) is 5.75 Å². The Morgan fingerprint density at radius 3 is 2.80 bits per heavy atom. The van der Waals surface area contributed by atoms with Crippen LogP contribution < -0.4 is 10.5 Å². The Bertz CT molecular complexity index is 596. The average molecular weight is 272 g/mol. The van der Waals surface area contributed by atoms with E-state index in [2.05, 4.69) is 24.0 Å². The van der Waals surface area contributed by atoms with E-state index in [1.165, 1.54) is 42.3 Å².